The number of aryl methyl sites for hydroxylation is 2. The Morgan fingerprint density at radius 3 is 2.63 bits per heavy atom. The number of fused-ring (bicyclic) bond motifs is 4. The molecule has 2 aromatic carbocycles. The zero-order valence-corrected chi connectivity index (χ0v) is 18.7. The van der Waals surface area contributed by atoms with Crippen LogP contribution in [0.15, 0.2) is 54.6 Å². The fraction of sp³-hybridized carbons (Fsp3) is 0.125. The molecule has 0 unspecified atom stereocenters. The van der Waals surface area contributed by atoms with Crippen LogP contribution in [0.1, 0.15) is 27.2 Å². The van der Waals surface area contributed by atoms with Crippen LogP contribution in [0.3, 0.4) is 0 Å². The Bertz CT molecular complexity index is 1320. The van der Waals surface area contributed by atoms with E-state index in [0.29, 0.717) is 29.6 Å². The number of aromatic carboxylic acids is 1. The molecule has 0 bridgehead atoms. The number of carbonyl (C=O) groups excluding carboxylic acids is 1. The number of benzene rings is 2. The Morgan fingerprint density at radius 2 is 1.87 bits per heavy atom. The van der Waals surface area contributed by atoms with Crippen molar-refractivity contribution >= 4 is 16.9 Å². The summed E-state index contributed by atoms with van der Waals surface area (Å²) in [6.45, 7) is 2.04. The van der Waals surface area contributed by atoms with E-state index < -0.39 is 11.8 Å². The average Bonchev–Trinajstić information content (AvgIpc) is 2.71. The third-order valence-corrected chi connectivity index (χ3v) is 5.41. The molecule has 4 nitrogen and oxygen atoms in total. The summed E-state index contributed by atoms with van der Waals surface area (Å²) in [5, 5.41) is 12.2. The summed E-state index contributed by atoms with van der Waals surface area (Å²) in [6.07, 6.45) is 1.06. The van der Waals surface area contributed by atoms with Gasteiger partial charge in [-0.1, -0.05) is 23.8 Å². The molecule has 0 atom stereocenters. The molecule has 2 aromatic heterocycles. The number of aromatic nitrogens is 2. The molecule has 2 heterocycles. The first-order chi connectivity index (χ1) is 14.0. The molecule has 0 fully saturated rings. The maximum absolute atomic E-state index is 13.7. The maximum Gasteiger partial charge on any atom is 1.00 e. The molecular weight excluding hydrogens is 390 g/mol. The molecule has 0 radical (unpaired) electrons. The van der Waals surface area contributed by atoms with Crippen molar-refractivity contribution in [2.24, 2.45) is 0 Å². The molecule has 0 saturated carbocycles. The van der Waals surface area contributed by atoms with Crippen LogP contribution in [0.25, 0.3) is 33.4 Å². The third kappa shape index (κ3) is 3.43. The van der Waals surface area contributed by atoms with Gasteiger partial charge in [-0.25, -0.2) is 9.37 Å². The molecule has 30 heavy (non-hydrogen) atoms. The number of halogens is 1. The van der Waals surface area contributed by atoms with Gasteiger partial charge < -0.3 is 9.90 Å². The van der Waals surface area contributed by atoms with E-state index in [1.54, 1.807) is 0 Å². The quantitative estimate of drug-likeness (QED) is 0.464. The fourth-order valence-corrected chi connectivity index (χ4v) is 4.09. The minimum absolute atomic E-state index is 0. The minimum atomic E-state index is -1.31. The van der Waals surface area contributed by atoms with Crippen molar-refractivity contribution in [1.29, 1.82) is 0 Å². The second kappa shape index (κ2) is 7.91. The van der Waals surface area contributed by atoms with Gasteiger partial charge >= 0.3 is 29.6 Å². The Hall–Kier alpha value is -2.60. The van der Waals surface area contributed by atoms with Gasteiger partial charge in [-0.15, -0.1) is 0 Å². The summed E-state index contributed by atoms with van der Waals surface area (Å²) < 4.78 is 13.7. The van der Waals surface area contributed by atoms with E-state index in [0.717, 1.165) is 28.1 Å². The summed E-state index contributed by atoms with van der Waals surface area (Å²) in [4.78, 5) is 21.4. The van der Waals surface area contributed by atoms with Crippen molar-refractivity contribution < 1.29 is 43.8 Å². The SMILES string of the molecule is Cc1cccc(-c2ccc3c(n2)CCc2c-3nc3ccc(F)cc3c2C(=O)[O-])c1.[Na+]. The number of pyridine rings is 2. The molecule has 4 aromatic rings. The van der Waals surface area contributed by atoms with E-state index in [4.69, 9.17) is 4.98 Å². The minimum Gasteiger partial charge on any atom is -0.545 e. The van der Waals surface area contributed by atoms with Crippen molar-refractivity contribution in [3.05, 3.63) is 82.8 Å². The summed E-state index contributed by atoms with van der Waals surface area (Å²) in [6, 6.07) is 16.0. The number of hydrogen-bond acceptors (Lipinski definition) is 4. The zero-order chi connectivity index (χ0) is 20.1. The first-order valence-electron chi connectivity index (χ1n) is 9.42. The van der Waals surface area contributed by atoms with Crippen molar-refractivity contribution in [2.45, 2.75) is 19.8 Å². The third-order valence-electron chi connectivity index (χ3n) is 5.41. The smallest absolute Gasteiger partial charge is 0.545 e. The molecule has 1 aliphatic carbocycles. The van der Waals surface area contributed by atoms with Gasteiger partial charge in [0, 0.05) is 22.1 Å². The van der Waals surface area contributed by atoms with E-state index >= 15 is 0 Å². The van der Waals surface area contributed by atoms with Crippen LogP contribution in [0.4, 0.5) is 4.39 Å². The molecule has 142 valence electrons. The van der Waals surface area contributed by atoms with Gasteiger partial charge in [0.15, 0.2) is 0 Å². The van der Waals surface area contributed by atoms with Crippen LogP contribution in [0.5, 0.6) is 0 Å². The van der Waals surface area contributed by atoms with Crippen molar-refractivity contribution in [1.82, 2.24) is 9.97 Å². The summed E-state index contributed by atoms with van der Waals surface area (Å²) in [5.74, 6) is -1.81. The first kappa shape index (κ1) is 20.7. The standard InChI is InChI=1S/C24H17FN2O2.Na/c1-13-3-2-4-14(11-13)19-9-6-16-20(26-19)10-7-17-22(24(28)29)18-12-15(25)5-8-21(18)27-23(16)17;/h2-6,8-9,11-12H,7,10H2,1H3,(H,28,29);/q;+1/p-1. The second-order valence-electron chi connectivity index (χ2n) is 7.32. The molecule has 0 saturated heterocycles. The number of carbonyl (C=O) groups is 1. The topological polar surface area (TPSA) is 65.9 Å². The Morgan fingerprint density at radius 1 is 1.03 bits per heavy atom. The normalized spacial score (nSPS) is 12.1. The van der Waals surface area contributed by atoms with Crippen LogP contribution >= 0.6 is 0 Å². The van der Waals surface area contributed by atoms with Gasteiger partial charge in [-0.3, -0.25) is 4.98 Å². The number of rotatable bonds is 2. The van der Waals surface area contributed by atoms with Gasteiger partial charge in [-0.05, 0) is 61.7 Å². The largest absolute Gasteiger partial charge is 1.00 e. The van der Waals surface area contributed by atoms with E-state index in [1.165, 1.54) is 18.2 Å². The van der Waals surface area contributed by atoms with E-state index in [9.17, 15) is 14.3 Å². The molecule has 0 amide bonds. The monoisotopic (exact) mass is 406 g/mol. The van der Waals surface area contributed by atoms with Crippen LogP contribution in [-0.4, -0.2) is 15.9 Å². The summed E-state index contributed by atoms with van der Waals surface area (Å²) >= 11 is 0. The zero-order valence-electron chi connectivity index (χ0n) is 16.7. The van der Waals surface area contributed by atoms with Crippen LogP contribution < -0.4 is 34.7 Å². The molecule has 5 rings (SSSR count). The molecule has 1 aliphatic rings. The number of carboxylic acid groups (broad SMARTS) is 1. The molecule has 6 heteroatoms. The Kier molecular flexibility index (Phi) is 5.45. The van der Waals surface area contributed by atoms with Gasteiger partial charge in [-0.2, -0.15) is 0 Å². The average molecular weight is 406 g/mol. The molecule has 0 N–H and O–H groups in total. The Labute approximate surface area is 195 Å². The number of nitrogens with zero attached hydrogens (tertiary/aromatic N) is 2. The van der Waals surface area contributed by atoms with Crippen molar-refractivity contribution in [3.63, 3.8) is 0 Å². The molecule has 0 spiro atoms. The summed E-state index contributed by atoms with van der Waals surface area (Å²) in [5.41, 5.74) is 6.40. The number of carboxylic acids is 1. The maximum atomic E-state index is 13.7. The van der Waals surface area contributed by atoms with E-state index in [1.807, 2.05) is 37.3 Å². The Balaban J connectivity index is 0.00000218. The number of hydrogen-bond donors (Lipinski definition) is 0. The predicted molar refractivity (Wildman–Crippen MR) is 107 cm³/mol. The first-order valence-corrected chi connectivity index (χ1v) is 9.42. The summed E-state index contributed by atoms with van der Waals surface area (Å²) in [7, 11) is 0. The second-order valence-corrected chi connectivity index (χ2v) is 7.32. The van der Waals surface area contributed by atoms with E-state index in [-0.39, 0.29) is 40.5 Å². The van der Waals surface area contributed by atoms with Gasteiger partial charge in [0.05, 0.1) is 28.6 Å². The van der Waals surface area contributed by atoms with Gasteiger partial charge in [0.1, 0.15) is 5.82 Å². The van der Waals surface area contributed by atoms with Crippen LogP contribution in [-0.2, 0) is 12.8 Å². The van der Waals surface area contributed by atoms with Gasteiger partial charge in [0.2, 0.25) is 0 Å². The molecule has 0 aliphatic heterocycles. The van der Waals surface area contributed by atoms with Gasteiger partial charge in [0.25, 0.3) is 0 Å². The van der Waals surface area contributed by atoms with Crippen LogP contribution in [0.2, 0.25) is 0 Å². The van der Waals surface area contributed by atoms with Crippen molar-refractivity contribution in [2.75, 3.05) is 0 Å². The van der Waals surface area contributed by atoms with Crippen molar-refractivity contribution in [3.8, 4) is 22.5 Å². The fourth-order valence-electron chi connectivity index (χ4n) is 4.09. The predicted octanol–water partition coefficient (Wildman–Crippen LogP) is 0.877. The van der Waals surface area contributed by atoms with E-state index in [2.05, 4.69) is 11.1 Å². The van der Waals surface area contributed by atoms with Crippen LogP contribution in [0, 0.1) is 12.7 Å². The molecular formula is C24H16FN2NaO2.